The van der Waals surface area contributed by atoms with Crippen molar-refractivity contribution in [2.24, 2.45) is 0 Å². The minimum Gasteiger partial charge on any atom is -0.337 e. The topological polar surface area (TPSA) is 79.3 Å². The zero-order valence-electron chi connectivity index (χ0n) is 17.0. The van der Waals surface area contributed by atoms with Gasteiger partial charge in [0.2, 0.25) is 0 Å². The van der Waals surface area contributed by atoms with Gasteiger partial charge in [-0.3, -0.25) is 4.79 Å². The van der Waals surface area contributed by atoms with Gasteiger partial charge in [-0.05, 0) is 49.9 Å². The molecule has 3 amide bonds. The molecule has 0 spiro atoms. The molecule has 0 atom stereocenters. The van der Waals surface area contributed by atoms with Crippen LogP contribution in [0.5, 0.6) is 0 Å². The second-order valence-electron chi connectivity index (χ2n) is 8.14. The summed E-state index contributed by atoms with van der Waals surface area (Å²) in [4.78, 5) is 26.9. The van der Waals surface area contributed by atoms with E-state index in [9.17, 15) is 9.59 Å². The molecule has 7 nitrogen and oxygen atoms in total. The van der Waals surface area contributed by atoms with Crippen LogP contribution in [-0.2, 0) is 0 Å². The Morgan fingerprint density at radius 3 is 2.37 bits per heavy atom. The molecule has 8 heteroatoms. The molecular formula is C22H28ClN5O2. The molecule has 1 aromatic heterocycles. The van der Waals surface area contributed by atoms with Crippen LogP contribution in [0.4, 0.5) is 4.79 Å². The zero-order chi connectivity index (χ0) is 20.9. The van der Waals surface area contributed by atoms with Gasteiger partial charge in [-0.15, -0.1) is 0 Å². The Labute approximate surface area is 181 Å². The predicted octanol–water partition coefficient (Wildman–Crippen LogP) is 3.76. The minimum atomic E-state index is -0.0825. The summed E-state index contributed by atoms with van der Waals surface area (Å²) in [5.41, 5.74) is 1.23. The highest BCUT2D eigenvalue weighted by Gasteiger charge is 2.26. The first-order chi connectivity index (χ1) is 14.6. The number of piperidine rings is 1. The molecule has 2 fully saturated rings. The summed E-state index contributed by atoms with van der Waals surface area (Å²) >= 11 is 6.04. The minimum absolute atomic E-state index is 0.0769. The molecule has 1 saturated carbocycles. The predicted molar refractivity (Wildman–Crippen MR) is 116 cm³/mol. The van der Waals surface area contributed by atoms with Gasteiger partial charge in [-0.25, -0.2) is 9.48 Å². The van der Waals surface area contributed by atoms with E-state index in [1.165, 1.54) is 19.3 Å². The molecule has 1 aromatic carbocycles. The van der Waals surface area contributed by atoms with E-state index in [1.807, 2.05) is 17.0 Å². The molecule has 1 aliphatic heterocycles. The van der Waals surface area contributed by atoms with Crippen LogP contribution in [0, 0.1) is 0 Å². The maximum atomic E-state index is 12.8. The maximum Gasteiger partial charge on any atom is 0.315 e. The average Bonchev–Trinajstić information content (AvgIpc) is 3.25. The van der Waals surface area contributed by atoms with E-state index in [-0.39, 0.29) is 18.0 Å². The number of benzene rings is 1. The molecule has 1 saturated heterocycles. The van der Waals surface area contributed by atoms with Gasteiger partial charge < -0.3 is 15.5 Å². The number of nitrogens with one attached hydrogen (secondary N) is 2. The van der Waals surface area contributed by atoms with E-state index in [4.69, 9.17) is 11.6 Å². The highest BCUT2D eigenvalue weighted by Crippen LogP contribution is 2.18. The fourth-order valence-corrected chi connectivity index (χ4v) is 4.43. The van der Waals surface area contributed by atoms with Crippen molar-refractivity contribution in [3.05, 3.63) is 47.2 Å². The number of nitrogens with zero attached hydrogens (tertiary/aromatic N) is 3. The van der Waals surface area contributed by atoms with Gasteiger partial charge >= 0.3 is 6.03 Å². The Morgan fingerprint density at radius 2 is 1.67 bits per heavy atom. The number of halogens is 1. The van der Waals surface area contributed by atoms with Gasteiger partial charge in [0.15, 0.2) is 5.69 Å². The molecule has 0 radical (unpaired) electrons. The van der Waals surface area contributed by atoms with E-state index in [0.29, 0.717) is 29.8 Å². The van der Waals surface area contributed by atoms with Crippen molar-refractivity contribution >= 4 is 23.5 Å². The monoisotopic (exact) mass is 429 g/mol. The van der Waals surface area contributed by atoms with E-state index >= 15 is 0 Å². The molecular weight excluding hydrogens is 402 g/mol. The first kappa shape index (κ1) is 20.7. The van der Waals surface area contributed by atoms with Crippen LogP contribution >= 0.6 is 11.6 Å². The molecule has 160 valence electrons. The molecule has 2 aromatic rings. The van der Waals surface area contributed by atoms with Gasteiger partial charge in [-0.1, -0.05) is 36.9 Å². The summed E-state index contributed by atoms with van der Waals surface area (Å²) in [5.74, 6) is -0.0825. The van der Waals surface area contributed by atoms with Crippen LogP contribution in [-0.4, -0.2) is 51.8 Å². The third kappa shape index (κ3) is 5.14. The Bertz CT molecular complexity index is 885. The quantitative estimate of drug-likeness (QED) is 0.776. The van der Waals surface area contributed by atoms with Crippen LogP contribution in [0.15, 0.2) is 36.5 Å². The molecule has 0 bridgehead atoms. The molecule has 1 aliphatic carbocycles. The zero-order valence-corrected chi connectivity index (χ0v) is 17.8. The highest BCUT2D eigenvalue weighted by molar-refractivity contribution is 6.30. The molecule has 4 rings (SSSR count). The van der Waals surface area contributed by atoms with Crippen molar-refractivity contribution in [3.63, 3.8) is 0 Å². The molecule has 2 heterocycles. The number of carbonyl (C=O) groups excluding carboxylic acids is 2. The van der Waals surface area contributed by atoms with Gasteiger partial charge in [-0.2, -0.15) is 5.10 Å². The smallest absolute Gasteiger partial charge is 0.315 e. The van der Waals surface area contributed by atoms with Crippen LogP contribution in [0.1, 0.15) is 55.4 Å². The third-order valence-electron chi connectivity index (χ3n) is 5.94. The number of rotatable bonds is 4. The summed E-state index contributed by atoms with van der Waals surface area (Å²) in [6, 6.07) is 9.40. The van der Waals surface area contributed by atoms with Gasteiger partial charge in [0.1, 0.15) is 0 Å². The lowest BCUT2D eigenvalue weighted by molar-refractivity contribution is 0.0701. The van der Waals surface area contributed by atoms with Crippen molar-refractivity contribution < 1.29 is 9.59 Å². The first-order valence-corrected chi connectivity index (χ1v) is 11.1. The second-order valence-corrected chi connectivity index (χ2v) is 8.58. The third-order valence-corrected chi connectivity index (χ3v) is 6.17. The lowest BCUT2D eigenvalue weighted by Gasteiger charge is -2.32. The SMILES string of the molecule is O=C(NC1CCCCC1)NC1CCN(C(=O)c2ccn(-c3cccc(Cl)c3)n2)CC1. The fourth-order valence-electron chi connectivity index (χ4n) is 4.25. The number of aromatic nitrogens is 2. The van der Waals surface area contributed by atoms with Crippen molar-refractivity contribution in [3.8, 4) is 5.69 Å². The van der Waals surface area contributed by atoms with Crippen molar-refractivity contribution in [1.29, 1.82) is 0 Å². The Balaban J connectivity index is 1.27. The van der Waals surface area contributed by atoms with E-state index in [0.717, 1.165) is 31.4 Å². The largest absolute Gasteiger partial charge is 0.337 e. The second kappa shape index (κ2) is 9.51. The Kier molecular flexibility index (Phi) is 6.57. The summed E-state index contributed by atoms with van der Waals surface area (Å²) < 4.78 is 1.66. The Hall–Kier alpha value is -2.54. The van der Waals surface area contributed by atoms with Gasteiger partial charge in [0.25, 0.3) is 5.91 Å². The highest BCUT2D eigenvalue weighted by atomic mass is 35.5. The average molecular weight is 430 g/mol. The Morgan fingerprint density at radius 1 is 0.967 bits per heavy atom. The molecule has 2 N–H and O–H groups in total. The molecule has 0 unspecified atom stereocenters. The first-order valence-electron chi connectivity index (χ1n) is 10.8. The summed E-state index contributed by atoms with van der Waals surface area (Å²) in [6.45, 7) is 1.22. The van der Waals surface area contributed by atoms with Crippen molar-refractivity contribution in [2.75, 3.05) is 13.1 Å². The van der Waals surface area contributed by atoms with Gasteiger partial charge in [0.05, 0.1) is 5.69 Å². The fraction of sp³-hybridized carbons (Fsp3) is 0.500. The van der Waals surface area contributed by atoms with E-state index < -0.39 is 0 Å². The number of likely N-dealkylation sites (tertiary alicyclic amines) is 1. The van der Waals surface area contributed by atoms with Crippen LogP contribution < -0.4 is 10.6 Å². The van der Waals surface area contributed by atoms with Crippen LogP contribution in [0.25, 0.3) is 5.69 Å². The lowest BCUT2D eigenvalue weighted by atomic mass is 9.96. The molecule has 2 aliphatic rings. The van der Waals surface area contributed by atoms with E-state index in [2.05, 4.69) is 15.7 Å². The van der Waals surface area contributed by atoms with Crippen LogP contribution in [0.3, 0.4) is 0 Å². The standard InChI is InChI=1S/C22H28ClN5O2/c23-16-5-4-8-19(15-16)28-14-11-20(26-28)21(29)27-12-9-18(10-13-27)25-22(30)24-17-6-2-1-3-7-17/h4-5,8,11,14-15,17-18H,1-3,6-7,9-10,12-13H2,(H2,24,25,30). The van der Waals surface area contributed by atoms with Crippen LogP contribution in [0.2, 0.25) is 5.02 Å². The number of hydrogen-bond donors (Lipinski definition) is 2. The van der Waals surface area contributed by atoms with Crippen molar-refractivity contribution in [1.82, 2.24) is 25.3 Å². The van der Waals surface area contributed by atoms with E-state index in [1.54, 1.807) is 29.1 Å². The summed E-state index contributed by atoms with van der Waals surface area (Å²) in [5, 5.41) is 11.2. The lowest BCUT2D eigenvalue weighted by Crippen LogP contribution is -2.51. The van der Waals surface area contributed by atoms with Crippen molar-refractivity contribution in [2.45, 2.75) is 57.0 Å². The summed E-state index contributed by atoms with van der Waals surface area (Å²) in [7, 11) is 0. The number of urea groups is 1. The molecule has 30 heavy (non-hydrogen) atoms. The summed E-state index contributed by atoms with van der Waals surface area (Å²) in [6.07, 6.45) is 9.06. The number of amides is 3. The maximum absolute atomic E-state index is 12.8. The number of hydrogen-bond acceptors (Lipinski definition) is 3. The van der Waals surface area contributed by atoms with Gasteiger partial charge in [0, 0.05) is 36.4 Å². The number of carbonyl (C=O) groups is 2. The normalized spacial score (nSPS) is 18.2.